The highest BCUT2D eigenvalue weighted by atomic mass is 79.9. The molecule has 0 aliphatic rings. The maximum Gasteiger partial charge on any atom is 0.344 e. The van der Waals surface area contributed by atoms with Gasteiger partial charge in [0.25, 0.3) is 0 Å². The van der Waals surface area contributed by atoms with Crippen molar-refractivity contribution in [2.75, 3.05) is 21.3 Å². The number of esters is 1. The number of carbonyl (C=O) groups is 1. The van der Waals surface area contributed by atoms with Crippen LogP contribution in [-0.4, -0.2) is 27.3 Å². The second-order valence-electron chi connectivity index (χ2n) is 8.09. The van der Waals surface area contributed by atoms with Gasteiger partial charge in [-0.25, -0.2) is 4.79 Å². The minimum Gasteiger partial charge on any atom is -0.493 e. The van der Waals surface area contributed by atoms with E-state index in [4.69, 9.17) is 28.1 Å². The van der Waals surface area contributed by atoms with Crippen molar-refractivity contribution in [2.24, 2.45) is 0 Å². The molecule has 0 aliphatic carbocycles. The fourth-order valence-electron chi connectivity index (χ4n) is 4.01. The zero-order chi connectivity index (χ0) is 26.8. The summed E-state index contributed by atoms with van der Waals surface area (Å²) in [6.07, 6.45) is 1.24. The molecule has 0 spiro atoms. The molecule has 192 valence electrons. The van der Waals surface area contributed by atoms with Gasteiger partial charge in [-0.15, -0.1) is 0 Å². The van der Waals surface area contributed by atoms with Crippen molar-refractivity contribution in [3.05, 3.63) is 93.3 Å². The molecule has 0 saturated carbocycles. The molecule has 0 fully saturated rings. The first kappa shape index (κ1) is 25.2. The lowest BCUT2D eigenvalue weighted by atomic mass is 10.1. The summed E-state index contributed by atoms with van der Waals surface area (Å²) < 4.78 is 33.4. The van der Waals surface area contributed by atoms with Gasteiger partial charge in [0.15, 0.2) is 11.5 Å². The highest BCUT2D eigenvalue weighted by Gasteiger charge is 2.24. The van der Waals surface area contributed by atoms with E-state index in [-0.39, 0.29) is 39.2 Å². The summed E-state index contributed by atoms with van der Waals surface area (Å²) in [4.78, 5) is 26.1. The third-order valence-electron chi connectivity index (χ3n) is 5.86. The third kappa shape index (κ3) is 4.64. The molecule has 38 heavy (non-hydrogen) atoms. The van der Waals surface area contributed by atoms with Crippen molar-refractivity contribution in [1.82, 2.24) is 0 Å². The van der Waals surface area contributed by atoms with E-state index in [1.165, 1.54) is 51.9 Å². The van der Waals surface area contributed by atoms with Crippen LogP contribution in [0.15, 0.2) is 86.7 Å². The van der Waals surface area contributed by atoms with Crippen LogP contribution in [0.4, 0.5) is 0 Å². The van der Waals surface area contributed by atoms with Crippen LogP contribution in [0.5, 0.6) is 34.5 Å². The van der Waals surface area contributed by atoms with Gasteiger partial charge in [-0.2, -0.15) is 0 Å². The van der Waals surface area contributed by atoms with E-state index in [0.29, 0.717) is 21.7 Å². The summed E-state index contributed by atoms with van der Waals surface area (Å²) in [5, 5.41) is 2.32. The lowest BCUT2D eigenvalue weighted by Gasteiger charge is -2.16. The van der Waals surface area contributed by atoms with Crippen molar-refractivity contribution in [1.29, 1.82) is 0 Å². The number of rotatable bonds is 7. The van der Waals surface area contributed by atoms with Gasteiger partial charge in [0, 0.05) is 6.07 Å². The Bertz CT molecular complexity index is 1740. The summed E-state index contributed by atoms with van der Waals surface area (Å²) in [6.45, 7) is 0. The highest BCUT2D eigenvalue weighted by molar-refractivity contribution is 9.10. The Hall–Kier alpha value is -4.50. The smallest absolute Gasteiger partial charge is 0.344 e. The number of benzene rings is 4. The number of carbonyl (C=O) groups excluding carboxylic acids is 1. The molecule has 1 heterocycles. The first-order valence-electron chi connectivity index (χ1n) is 11.4. The Labute approximate surface area is 225 Å². The molecule has 5 rings (SSSR count). The Morgan fingerprint density at radius 3 is 2.26 bits per heavy atom. The molecule has 0 unspecified atom stereocenters. The van der Waals surface area contributed by atoms with Gasteiger partial charge in [0.2, 0.25) is 16.9 Å². The van der Waals surface area contributed by atoms with E-state index in [1.807, 2.05) is 36.4 Å². The number of hydrogen-bond acceptors (Lipinski definition) is 8. The van der Waals surface area contributed by atoms with Crippen molar-refractivity contribution in [3.8, 4) is 34.5 Å². The minimum atomic E-state index is -0.686. The van der Waals surface area contributed by atoms with Crippen LogP contribution < -0.4 is 29.1 Å². The minimum absolute atomic E-state index is 0.0406. The largest absolute Gasteiger partial charge is 0.493 e. The predicted octanol–water partition coefficient (Wildman–Crippen LogP) is 6.75. The fraction of sp³-hybridized carbons (Fsp3) is 0.103. The van der Waals surface area contributed by atoms with Gasteiger partial charge in [-0.05, 0) is 57.0 Å². The van der Waals surface area contributed by atoms with E-state index >= 15 is 0 Å². The molecule has 9 heteroatoms. The molecule has 8 nitrogen and oxygen atoms in total. The van der Waals surface area contributed by atoms with Gasteiger partial charge in [0.1, 0.15) is 23.3 Å². The van der Waals surface area contributed by atoms with Crippen LogP contribution in [0.3, 0.4) is 0 Å². The predicted molar refractivity (Wildman–Crippen MR) is 145 cm³/mol. The molecule has 4 aromatic carbocycles. The maximum absolute atomic E-state index is 13.1. The lowest BCUT2D eigenvalue weighted by Crippen LogP contribution is -2.11. The maximum atomic E-state index is 13.1. The summed E-state index contributed by atoms with van der Waals surface area (Å²) in [5.41, 5.74) is 0.0277. The molecule has 0 aliphatic heterocycles. The van der Waals surface area contributed by atoms with Crippen molar-refractivity contribution < 1.29 is 32.9 Å². The van der Waals surface area contributed by atoms with Gasteiger partial charge in [-0.1, -0.05) is 30.3 Å². The average Bonchev–Trinajstić information content (AvgIpc) is 2.94. The number of methoxy groups -OCH3 is 3. The Morgan fingerprint density at radius 2 is 1.53 bits per heavy atom. The quantitative estimate of drug-likeness (QED) is 0.155. The van der Waals surface area contributed by atoms with Gasteiger partial charge in [0.05, 0.1) is 36.8 Å². The zero-order valence-electron chi connectivity index (χ0n) is 20.6. The molecule has 0 saturated heterocycles. The van der Waals surface area contributed by atoms with Gasteiger partial charge in [-0.3, -0.25) is 4.79 Å². The molecule has 1 aromatic heterocycles. The number of ether oxygens (including phenoxy) is 5. The van der Waals surface area contributed by atoms with Crippen LogP contribution in [0, 0.1) is 0 Å². The van der Waals surface area contributed by atoms with Crippen LogP contribution >= 0.6 is 15.9 Å². The topological polar surface area (TPSA) is 93.4 Å². The summed E-state index contributed by atoms with van der Waals surface area (Å²) in [6, 6.07) is 19.4. The lowest BCUT2D eigenvalue weighted by molar-refractivity contribution is 0.0733. The van der Waals surface area contributed by atoms with Gasteiger partial charge < -0.3 is 28.1 Å². The first-order valence-corrected chi connectivity index (χ1v) is 12.2. The summed E-state index contributed by atoms with van der Waals surface area (Å²) in [5.74, 6) is 0.942. The number of fused-ring (bicyclic) bond motifs is 2. The molecular formula is C29H21BrO8. The average molecular weight is 577 g/mol. The molecule has 0 radical (unpaired) electrons. The first-order chi connectivity index (χ1) is 18.4. The van der Waals surface area contributed by atoms with Crippen LogP contribution in [0.1, 0.15) is 10.4 Å². The molecule has 0 amide bonds. The Balaban J connectivity index is 1.42. The SMILES string of the molecule is COc1cc(C(=O)Oc2ccc3c(=O)c(Oc4ccc5ccccc5c4)coc3c2)c(Br)c(OC)c1OC. The Morgan fingerprint density at radius 1 is 0.789 bits per heavy atom. The van der Waals surface area contributed by atoms with Gasteiger partial charge >= 0.3 is 5.97 Å². The molecular weight excluding hydrogens is 556 g/mol. The van der Waals surface area contributed by atoms with Crippen LogP contribution in [0.25, 0.3) is 21.7 Å². The van der Waals surface area contributed by atoms with Crippen LogP contribution in [-0.2, 0) is 0 Å². The standard InChI is InChI=1S/C29H21BrO8/c1-33-23-14-21(25(30)28(35-3)27(23)34-2)29(32)38-19-10-11-20-22(13-19)36-15-24(26(20)31)37-18-9-8-16-6-4-5-7-17(16)12-18/h4-15H,1-3H3. The highest BCUT2D eigenvalue weighted by Crippen LogP contribution is 2.45. The van der Waals surface area contributed by atoms with E-state index in [0.717, 1.165) is 10.8 Å². The second kappa shape index (κ2) is 10.5. The Kier molecular flexibility index (Phi) is 6.93. The molecule has 5 aromatic rings. The molecule has 0 bridgehead atoms. The fourth-order valence-corrected chi connectivity index (χ4v) is 4.63. The van der Waals surface area contributed by atoms with Crippen molar-refractivity contribution in [2.45, 2.75) is 0 Å². The second-order valence-corrected chi connectivity index (χ2v) is 8.89. The van der Waals surface area contributed by atoms with Crippen molar-refractivity contribution in [3.63, 3.8) is 0 Å². The molecule has 0 N–H and O–H groups in total. The molecule has 0 atom stereocenters. The zero-order valence-corrected chi connectivity index (χ0v) is 22.2. The van der Waals surface area contributed by atoms with Crippen LogP contribution in [0.2, 0.25) is 0 Å². The van der Waals surface area contributed by atoms with E-state index in [1.54, 1.807) is 6.07 Å². The van der Waals surface area contributed by atoms with E-state index in [2.05, 4.69) is 15.9 Å². The third-order valence-corrected chi connectivity index (χ3v) is 6.65. The number of hydrogen-bond donors (Lipinski definition) is 0. The van der Waals surface area contributed by atoms with E-state index < -0.39 is 5.97 Å². The summed E-state index contributed by atoms with van der Waals surface area (Å²) in [7, 11) is 4.36. The number of halogens is 1. The van der Waals surface area contributed by atoms with Crippen molar-refractivity contribution >= 4 is 43.6 Å². The summed E-state index contributed by atoms with van der Waals surface area (Å²) >= 11 is 3.37. The van der Waals surface area contributed by atoms with E-state index in [9.17, 15) is 9.59 Å². The monoisotopic (exact) mass is 576 g/mol. The normalized spacial score (nSPS) is 10.8.